The van der Waals surface area contributed by atoms with E-state index in [4.69, 9.17) is 11.6 Å². The van der Waals surface area contributed by atoms with Gasteiger partial charge in [0.05, 0.1) is 22.8 Å². The first kappa shape index (κ1) is 23.3. The van der Waals surface area contributed by atoms with Gasteiger partial charge in [0.2, 0.25) is 5.91 Å². The Morgan fingerprint density at radius 3 is 2.65 bits per heavy atom. The third kappa shape index (κ3) is 4.74. The number of rotatable bonds is 4. The number of hydrogen-bond donors (Lipinski definition) is 2. The number of benzene rings is 2. The molecule has 1 aliphatic heterocycles. The van der Waals surface area contributed by atoms with E-state index in [-0.39, 0.29) is 37.0 Å². The highest BCUT2D eigenvalue weighted by atomic mass is 35.5. The third-order valence-corrected chi connectivity index (χ3v) is 6.05. The summed E-state index contributed by atoms with van der Waals surface area (Å²) in [5.74, 6) is -0.551. The molecule has 1 aromatic heterocycles. The van der Waals surface area contributed by atoms with Gasteiger partial charge >= 0.3 is 6.03 Å². The minimum Gasteiger partial charge on any atom is -0.358 e. The summed E-state index contributed by atoms with van der Waals surface area (Å²) in [7, 11) is 1.51. The molecule has 0 unspecified atom stereocenters. The van der Waals surface area contributed by atoms with Crippen molar-refractivity contribution in [3.8, 4) is 5.69 Å². The zero-order valence-electron chi connectivity index (χ0n) is 18.9. The second kappa shape index (κ2) is 9.96. The SMILES string of the molecule is CNC(=O)CNC(=O)N1Cc2ccccc2N(C(=O)c2ccc(-n3cccn3)cc2Cl)C[C@H]1C. The largest absolute Gasteiger partial charge is 0.358 e. The molecule has 1 atom stereocenters. The van der Waals surface area contributed by atoms with Crippen molar-refractivity contribution in [1.82, 2.24) is 25.3 Å². The fourth-order valence-electron chi connectivity index (χ4n) is 3.91. The van der Waals surface area contributed by atoms with Crippen molar-refractivity contribution in [3.05, 3.63) is 77.1 Å². The number of carbonyl (C=O) groups excluding carboxylic acids is 3. The molecular formula is C24H25ClN6O3. The number of halogens is 1. The average molecular weight is 481 g/mol. The number of urea groups is 1. The van der Waals surface area contributed by atoms with E-state index in [9.17, 15) is 14.4 Å². The molecule has 0 spiro atoms. The first-order chi connectivity index (χ1) is 16.4. The van der Waals surface area contributed by atoms with Crippen LogP contribution in [0.3, 0.4) is 0 Å². The summed E-state index contributed by atoms with van der Waals surface area (Å²) < 4.78 is 1.67. The number of anilines is 1. The van der Waals surface area contributed by atoms with Crippen molar-refractivity contribution in [2.75, 3.05) is 25.0 Å². The van der Waals surface area contributed by atoms with Crippen LogP contribution in [-0.2, 0) is 11.3 Å². The molecule has 34 heavy (non-hydrogen) atoms. The van der Waals surface area contributed by atoms with Crippen LogP contribution in [0.2, 0.25) is 5.02 Å². The zero-order chi connectivity index (χ0) is 24.2. The van der Waals surface area contributed by atoms with Crippen LogP contribution in [0.1, 0.15) is 22.8 Å². The van der Waals surface area contributed by atoms with E-state index in [0.717, 1.165) is 11.3 Å². The predicted molar refractivity (Wildman–Crippen MR) is 129 cm³/mol. The van der Waals surface area contributed by atoms with Crippen molar-refractivity contribution in [3.63, 3.8) is 0 Å². The molecule has 0 saturated heterocycles. The number of amides is 4. The van der Waals surface area contributed by atoms with Gasteiger partial charge in [0.25, 0.3) is 5.91 Å². The number of aromatic nitrogens is 2. The van der Waals surface area contributed by atoms with E-state index in [1.165, 1.54) is 7.05 Å². The Morgan fingerprint density at radius 2 is 1.94 bits per heavy atom. The van der Waals surface area contributed by atoms with Crippen LogP contribution in [0, 0.1) is 0 Å². The van der Waals surface area contributed by atoms with E-state index >= 15 is 0 Å². The number of hydrogen-bond acceptors (Lipinski definition) is 4. The van der Waals surface area contributed by atoms with Crippen LogP contribution >= 0.6 is 11.6 Å². The Morgan fingerprint density at radius 1 is 1.15 bits per heavy atom. The van der Waals surface area contributed by atoms with Gasteiger partial charge in [-0.15, -0.1) is 0 Å². The Hall–Kier alpha value is -3.85. The molecule has 0 fully saturated rings. The molecule has 0 bridgehead atoms. The number of para-hydroxylation sites is 1. The van der Waals surface area contributed by atoms with Crippen LogP contribution in [0.5, 0.6) is 0 Å². The van der Waals surface area contributed by atoms with Crippen molar-refractivity contribution >= 4 is 35.1 Å². The normalized spacial score (nSPS) is 15.3. The molecular weight excluding hydrogens is 456 g/mol. The molecule has 1 aliphatic rings. The van der Waals surface area contributed by atoms with Gasteiger partial charge in [-0.2, -0.15) is 5.10 Å². The summed E-state index contributed by atoms with van der Waals surface area (Å²) in [5.41, 5.74) is 2.64. The van der Waals surface area contributed by atoms with Gasteiger partial charge in [-0.1, -0.05) is 29.8 Å². The Labute approximate surface area is 202 Å². The molecule has 2 heterocycles. The molecule has 3 aromatic rings. The molecule has 0 aliphatic carbocycles. The second-order valence-electron chi connectivity index (χ2n) is 7.97. The Bertz CT molecular complexity index is 1210. The Balaban J connectivity index is 1.62. The first-order valence-electron chi connectivity index (χ1n) is 10.8. The van der Waals surface area contributed by atoms with E-state index in [1.807, 2.05) is 31.2 Å². The predicted octanol–water partition coefficient (Wildman–Crippen LogP) is 2.83. The van der Waals surface area contributed by atoms with Gasteiger partial charge in [-0.3, -0.25) is 9.59 Å². The lowest BCUT2D eigenvalue weighted by Crippen LogP contribution is -2.49. The Kier molecular flexibility index (Phi) is 6.83. The second-order valence-corrected chi connectivity index (χ2v) is 8.38. The van der Waals surface area contributed by atoms with E-state index in [1.54, 1.807) is 51.1 Å². The van der Waals surface area contributed by atoms with Gasteiger partial charge in [0.1, 0.15) is 0 Å². The fraction of sp³-hybridized carbons (Fsp3) is 0.250. The van der Waals surface area contributed by atoms with Crippen LogP contribution in [0.4, 0.5) is 10.5 Å². The van der Waals surface area contributed by atoms with Crippen molar-refractivity contribution in [2.45, 2.75) is 19.5 Å². The summed E-state index contributed by atoms with van der Waals surface area (Å²) in [6.45, 7) is 2.31. The van der Waals surface area contributed by atoms with Gasteiger partial charge in [0.15, 0.2) is 0 Å². The van der Waals surface area contributed by atoms with Gasteiger partial charge in [-0.05, 0) is 42.8 Å². The van der Waals surface area contributed by atoms with Crippen LogP contribution < -0.4 is 15.5 Å². The smallest absolute Gasteiger partial charge is 0.318 e. The number of fused-ring (bicyclic) bond motifs is 1. The topological polar surface area (TPSA) is 99.6 Å². The molecule has 0 saturated carbocycles. The van der Waals surface area contributed by atoms with Crippen LogP contribution in [-0.4, -0.2) is 58.7 Å². The zero-order valence-corrected chi connectivity index (χ0v) is 19.6. The first-order valence-corrected chi connectivity index (χ1v) is 11.2. The average Bonchev–Trinajstić information content (AvgIpc) is 3.34. The molecule has 176 valence electrons. The fourth-order valence-corrected chi connectivity index (χ4v) is 4.16. The summed E-state index contributed by atoms with van der Waals surface area (Å²) in [6.07, 6.45) is 3.46. The highest BCUT2D eigenvalue weighted by Crippen LogP contribution is 2.30. The summed E-state index contributed by atoms with van der Waals surface area (Å²) in [6, 6.07) is 13.8. The maximum atomic E-state index is 13.7. The van der Waals surface area contributed by atoms with Gasteiger partial charge in [-0.25, -0.2) is 9.48 Å². The van der Waals surface area contributed by atoms with Crippen LogP contribution in [0.15, 0.2) is 60.9 Å². The molecule has 2 N–H and O–H groups in total. The maximum absolute atomic E-state index is 13.7. The lowest BCUT2D eigenvalue weighted by Gasteiger charge is -2.29. The van der Waals surface area contributed by atoms with Crippen molar-refractivity contribution < 1.29 is 14.4 Å². The van der Waals surface area contributed by atoms with Gasteiger partial charge < -0.3 is 20.4 Å². The molecule has 4 rings (SSSR count). The maximum Gasteiger partial charge on any atom is 0.318 e. The minimum atomic E-state index is -0.373. The quantitative estimate of drug-likeness (QED) is 0.599. The standard InChI is InChI=1S/C24H25ClN6O3/c1-16-14-30(23(33)19-9-8-18(12-20(19)25)31-11-5-10-28-31)21-7-4-3-6-17(21)15-29(16)24(34)27-13-22(32)26-2/h3-12,16H,13-15H2,1-2H3,(H,26,32)(H,27,34)/t16-/m1/s1. The monoisotopic (exact) mass is 480 g/mol. The van der Waals surface area contributed by atoms with E-state index in [0.29, 0.717) is 22.8 Å². The number of likely N-dealkylation sites (N-methyl/N-ethyl adjacent to an activating group) is 1. The highest BCUT2D eigenvalue weighted by molar-refractivity contribution is 6.34. The number of carbonyl (C=O) groups is 3. The van der Waals surface area contributed by atoms with E-state index < -0.39 is 0 Å². The lowest BCUT2D eigenvalue weighted by atomic mass is 10.1. The summed E-state index contributed by atoms with van der Waals surface area (Å²) in [5, 5.41) is 9.62. The lowest BCUT2D eigenvalue weighted by molar-refractivity contribution is -0.119. The molecule has 10 heteroatoms. The minimum absolute atomic E-state index is 0.124. The number of nitrogens with zero attached hydrogens (tertiary/aromatic N) is 4. The van der Waals surface area contributed by atoms with Crippen molar-refractivity contribution in [2.24, 2.45) is 0 Å². The van der Waals surface area contributed by atoms with E-state index in [2.05, 4.69) is 15.7 Å². The number of nitrogens with one attached hydrogen (secondary N) is 2. The molecule has 2 aromatic carbocycles. The van der Waals surface area contributed by atoms with Crippen molar-refractivity contribution in [1.29, 1.82) is 0 Å². The molecule has 4 amide bonds. The summed E-state index contributed by atoms with van der Waals surface area (Å²) in [4.78, 5) is 41.3. The van der Waals surface area contributed by atoms with Gasteiger partial charge in [0, 0.05) is 44.3 Å². The molecule has 0 radical (unpaired) electrons. The highest BCUT2D eigenvalue weighted by Gasteiger charge is 2.32. The van der Waals surface area contributed by atoms with Crippen LogP contribution in [0.25, 0.3) is 5.69 Å². The summed E-state index contributed by atoms with van der Waals surface area (Å²) >= 11 is 6.53. The third-order valence-electron chi connectivity index (χ3n) is 5.74. The molecule has 9 nitrogen and oxygen atoms in total.